The average Bonchev–Trinajstić information content (AvgIpc) is 3.13. The molecule has 168 valence electrons. The molecule has 8 nitrogen and oxygen atoms in total. The van der Waals surface area contributed by atoms with Gasteiger partial charge in [-0.3, -0.25) is 14.7 Å². The van der Waals surface area contributed by atoms with Crippen molar-refractivity contribution in [1.29, 1.82) is 0 Å². The molecular formula is C22H23BrN4O4S. The van der Waals surface area contributed by atoms with E-state index < -0.39 is 5.25 Å². The predicted molar refractivity (Wildman–Crippen MR) is 128 cm³/mol. The molecule has 0 saturated heterocycles. The molecular weight excluding hydrogens is 496 g/mol. The van der Waals surface area contributed by atoms with Crippen LogP contribution in [0.15, 0.2) is 64.7 Å². The second kappa shape index (κ2) is 11.1. The first-order valence-electron chi connectivity index (χ1n) is 9.90. The third kappa shape index (κ3) is 5.68. The summed E-state index contributed by atoms with van der Waals surface area (Å²) in [6.07, 6.45) is 1.64. The number of thioether (sulfide) groups is 1. The summed E-state index contributed by atoms with van der Waals surface area (Å²) in [5, 5.41) is 20.0. The molecule has 0 saturated carbocycles. The molecule has 1 heterocycles. The molecule has 0 spiro atoms. The molecule has 0 N–H and O–H groups in total. The molecule has 0 aliphatic rings. The maximum atomic E-state index is 11.5. The highest BCUT2D eigenvalue weighted by molar-refractivity contribution is 9.10. The number of aryl methyl sites for hydroxylation is 1. The number of hydrogen-bond donors (Lipinski definition) is 0. The largest absolute Gasteiger partial charge is 0.490 e. The second-order valence-corrected chi connectivity index (χ2v) is 8.71. The Morgan fingerprint density at radius 1 is 1.28 bits per heavy atom. The number of halogens is 1. The summed E-state index contributed by atoms with van der Waals surface area (Å²) in [4.78, 5) is 11.2. The Hall–Kier alpha value is -2.85. The van der Waals surface area contributed by atoms with E-state index in [-0.39, 0.29) is 11.5 Å². The van der Waals surface area contributed by atoms with E-state index in [0.717, 1.165) is 5.69 Å². The van der Waals surface area contributed by atoms with E-state index in [0.29, 0.717) is 45.7 Å². The van der Waals surface area contributed by atoms with E-state index >= 15 is 0 Å². The zero-order valence-electron chi connectivity index (χ0n) is 17.7. The van der Waals surface area contributed by atoms with Crippen LogP contribution in [-0.2, 0) is 0 Å². The molecule has 0 aliphatic heterocycles. The lowest BCUT2D eigenvalue weighted by Gasteiger charge is -2.18. The van der Waals surface area contributed by atoms with Gasteiger partial charge in [0.2, 0.25) is 6.54 Å². The Labute approximate surface area is 198 Å². The molecule has 3 aromatic rings. The van der Waals surface area contributed by atoms with Gasteiger partial charge in [0.05, 0.1) is 11.1 Å². The highest BCUT2D eigenvalue weighted by atomic mass is 79.9. The van der Waals surface area contributed by atoms with Crippen molar-refractivity contribution in [1.82, 2.24) is 14.8 Å². The molecule has 1 atom stereocenters. The molecule has 0 aliphatic carbocycles. The molecule has 0 radical (unpaired) electrons. The second-order valence-electron chi connectivity index (χ2n) is 6.69. The molecule has 0 amide bonds. The van der Waals surface area contributed by atoms with E-state index in [4.69, 9.17) is 9.47 Å². The molecule has 10 heteroatoms. The third-order valence-corrected chi connectivity index (χ3v) is 6.19. The van der Waals surface area contributed by atoms with Crippen LogP contribution < -0.4 is 9.47 Å². The quantitative estimate of drug-likeness (QED) is 0.145. The van der Waals surface area contributed by atoms with Crippen LogP contribution in [0.4, 0.5) is 0 Å². The van der Waals surface area contributed by atoms with Crippen LogP contribution in [0, 0.1) is 17.0 Å². The Morgan fingerprint density at radius 3 is 2.69 bits per heavy atom. The van der Waals surface area contributed by atoms with Gasteiger partial charge in [-0.15, -0.1) is 10.2 Å². The lowest BCUT2D eigenvalue weighted by molar-refractivity contribution is -0.479. The standard InChI is InChI=1S/C22H23BrN4O4S/c1-4-11-31-21-18(23)12-16(13-19(21)30-5-2)20(14-26(28)29)32-22-25-24-15(3)27(22)17-9-7-6-8-10-17/h4,6-10,12-13,20H,1,5,11,14H2,2-3H3/t20-/m0/s1. The molecule has 0 unspecified atom stereocenters. The van der Waals surface area contributed by atoms with Gasteiger partial charge in [-0.1, -0.05) is 42.6 Å². The van der Waals surface area contributed by atoms with Crippen molar-refractivity contribution >= 4 is 27.7 Å². The van der Waals surface area contributed by atoms with Crippen molar-refractivity contribution < 1.29 is 14.4 Å². The van der Waals surface area contributed by atoms with Gasteiger partial charge in [0.25, 0.3) is 0 Å². The van der Waals surface area contributed by atoms with Crippen molar-refractivity contribution in [2.75, 3.05) is 19.8 Å². The van der Waals surface area contributed by atoms with Crippen LogP contribution in [0.5, 0.6) is 11.5 Å². The highest BCUT2D eigenvalue weighted by Gasteiger charge is 2.26. The fraction of sp³-hybridized carbons (Fsp3) is 0.273. The first kappa shape index (κ1) is 23.8. The van der Waals surface area contributed by atoms with Crippen molar-refractivity contribution in [3.8, 4) is 17.2 Å². The van der Waals surface area contributed by atoms with Crippen LogP contribution >= 0.6 is 27.7 Å². The lowest BCUT2D eigenvalue weighted by Crippen LogP contribution is -2.12. The lowest BCUT2D eigenvalue weighted by atomic mass is 10.1. The van der Waals surface area contributed by atoms with Crippen molar-refractivity contribution in [3.05, 3.63) is 81.1 Å². The summed E-state index contributed by atoms with van der Waals surface area (Å²) >= 11 is 4.81. The van der Waals surface area contributed by atoms with Gasteiger partial charge in [0.1, 0.15) is 17.7 Å². The van der Waals surface area contributed by atoms with Gasteiger partial charge in [-0.2, -0.15) is 0 Å². The van der Waals surface area contributed by atoms with E-state index in [1.54, 1.807) is 12.1 Å². The number of aromatic nitrogens is 3. The molecule has 0 bridgehead atoms. The van der Waals surface area contributed by atoms with Gasteiger partial charge in [-0.05, 0) is 59.6 Å². The Morgan fingerprint density at radius 2 is 2.03 bits per heavy atom. The summed E-state index contributed by atoms with van der Waals surface area (Å²) in [6, 6.07) is 13.3. The highest BCUT2D eigenvalue weighted by Crippen LogP contribution is 2.43. The number of rotatable bonds is 11. The average molecular weight is 519 g/mol. The number of hydrogen-bond acceptors (Lipinski definition) is 7. The van der Waals surface area contributed by atoms with Gasteiger partial charge >= 0.3 is 0 Å². The van der Waals surface area contributed by atoms with Crippen LogP contribution in [0.3, 0.4) is 0 Å². The zero-order valence-corrected chi connectivity index (χ0v) is 20.1. The number of para-hydroxylation sites is 1. The summed E-state index contributed by atoms with van der Waals surface area (Å²) < 4.78 is 14.0. The van der Waals surface area contributed by atoms with E-state index in [2.05, 4.69) is 32.7 Å². The van der Waals surface area contributed by atoms with Crippen LogP contribution in [0.1, 0.15) is 23.6 Å². The Bertz CT molecular complexity index is 1090. The zero-order chi connectivity index (χ0) is 23.1. The molecule has 3 rings (SSSR count). The van der Waals surface area contributed by atoms with Crippen LogP contribution in [0.2, 0.25) is 0 Å². The minimum atomic E-state index is -0.528. The number of nitro groups is 1. The van der Waals surface area contributed by atoms with Gasteiger partial charge in [-0.25, -0.2) is 0 Å². The first-order valence-corrected chi connectivity index (χ1v) is 11.6. The Balaban J connectivity index is 2.02. The molecule has 32 heavy (non-hydrogen) atoms. The molecule has 2 aromatic carbocycles. The fourth-order valence-corrected chi connectivity index (χ4v) is 4.81. The van der Waals surface area contributed by atoms with Crippen LogP contribution in [-0.4, -0.2) is 39.4 Å². The minimum Gasteiger partial charge on any atom is -0.490 e. The molecule has 1 aromatic heterocycles. The van der Waals surface area contributed by atoms with E-state index in [1.165, 1.54) is 11.8 Å². The monoisotopic (exact) mass is 518 g/mol. The van der Waals surface area contributed by atoms with Gasteiger partial charge in [0.15, 0.2) is 16.7 Å². The maximum Gasteiger partial charge on any atom is 0.220 e. The number of ether oxygens (including phenoxy) is 2. The summed E-state index contributed by atoms with van der Waals surface area (Å²) in [6.45, 7) is 7.82. The van der Waals surface area contributed by atoms with Crippen molar-refractivity contribution in [3.63, 3.8) is 0 Å². The first-order chi connectivity index (χ1) is 15.4. The van der Waals surface area contributed by atoms with Gasteiger partial charge < -0.3 is 9.47 Å². The summed E-state index contributed by atoms with van der Waals surface area (Å²) in [5.74, 6) is 1.74. The predicted octanol–water partition coefficient (Wildman–Crippen LogP) is 5.41. The Kier molecular flexibility index (Phi) is 8.29. The smallest absolute Gasteiger partial charge is 0.220 e. The maximum absolute atomic E-state index is 11.5. The van der Waals surface area contributed by atoms with Gasteiger partial charge in [0, 0.05) is 10.6 Å². The normalized spacial score (nSPS) is 11.7. The third-order valence-electron chi connectivity index (χ3n) is 4.42. The van der Waals surface area contributed by atoms with Crippen molar-refractivity contribution in [2.24, 2.45) is 0 Å². The minimum absolute atomic E-state index is 0.295. The number of benzene rings is 2. The topological polar surface area (TPSA) is 92.3 Å². The van der Waals surface area contributed by atoms with Crippen LogP contribution in [0.25, 0.3) is 5.69 Å². The fourth-order valence-electron chi connectivity index (χ4n) is 3.09. The summed E-state index contributed by atoms with van der Waals surface area (Å²) in [5.41, 5.74) is 1.61. The van der Waals surface area contributed by atoms with Crippen molar-refractivity contribution in [2.45, 2.75) is 24.3 Å². The van der Waals surface area contributed by atoms with E-state index in [9.17, 15) is 10.1 Å². The molecule has 0 fully saturated rings. The van der Waals surface area contributed by atoms with E-state index in [1.807, 2.05) is 54.8 Å². The SMILES string of the molecule is C=CCOc1c(Br)cc([C@H](C[N+](=O)[O-])Sc2nnc(C)n2-c2ccccc2)cc1OCC. The number of nitrogens with zero attached hydrogens (tertiary/aromatic N) is 4. The summed E-state index contributed by atoms with van der Waals surface area (Å²) in [7, 11) is 0.